The van der Waals surface area contributed by atoms with Gasteiger partial charge in [-0.05, 0) is 49.2 Å². The summed E-state index contributed by atoms with van der Waals surface area (Å²) in [6, 6.07) is 10.3. The van der Waals surface area contributed by atoms with E-state index in [1.165, 1.54) is 13.2 Å². The molecular formula is C25H29NO6. The van der Waals surface area contributed by atoms with Crippen LogP contribution in [-0.4, -0.2) is 59.2 Å². The van der Waals surface area contributed by atoms with Crippen LogP contribution in [0.25, 0.3) is 5.57 Å². The number of allylic oxidation sites excluding steroid dienone is 2. The highest BCUT2D eigenvalue weighted by molar-refractivity contribution is 6.39. The van der Waals surface area contributed by atoms with Crippen molar-refractivity contribution in [3.63, 3.8) is 0 Å². The fraction of sp³-hybridized carbons (Fsp3) is 0.360. The molecule has 7 heteroatoms. The van der Waals surface area contributed by atoms with Gasteiger partial charge in [0.1, 0.15) is 5.75 Å². The van der Waals surface area contributed by atoms with Crippen LogP contribution in [0.15, 0.2) is 42.5 Å². The van der Waals surface area contributed by atoms with Crippen LogP contribution in [0.3, 0.4) is 0 Å². The number of carbonyl (C=O) groups is 2. The van der Waals surface area contributed by atoms with Crippen molar-refractivity contribution in [2.45, 2.75) is 12.8 Å². The molecule has 0 aliphatic heterocycles. The number of ether oxygens (including phenoxy) is 4. The van der Waals surface area contributed by atoms with Crippen LogP contribution in [0.1, 0.15) is 39.1 Å². The van der Waals surface area contributed by atoms with Gasteiger partial charge in [0.25, 0.3) is 0 Å². The van der Waals surface area contributed by atoms with E-state index in [9.17, 15) is 9.59 Å². The maximum absolute atomic E-state index is 13.2. The summed E-state index contributed by atoms with van der Waals surface area (Å²) in [4.78, 5) is 26.2. The van der Waals surface area contributed by atoms with E-state index in [4.69, 9.17) is 18.9 Å². The van der Waals surface area contributed by atoms with Crippen LogP contribution in [0.2, 0.25) is 0 Å². The molecule has 32 heavy (non-hydrogen) atoms. The van der Waals surface area contributed by atoms with Crippen LogP contribution in [0, 0.1) is 0 Å². The van der Waals surface area contributed by atoms with E-state index in [2.05, 4.69) is 5.32 Å². The maximum Gasteiger partial charge on any atom is 0.194 e. The van der Waals surface area contributed by atoms with E-state index >= 15 is 0 Å². The molecule has 0 saturated heterocycles. The minimum atomic E-state index is -0.249. The Balaban J connectivity index is 1.71. The second-order valence-corrected chi connectivity index (χ2v) is 7.30. The van der Waals surface area contributed by atoms with Crippen molar-refractivity contribution in [3.05, 3.63) is 59.2 Å². The lowest BCUT2D eigenvalue weighted by Crippen LogP contribution is -2.21. The summed E-state index contributed by atoms with van der Waals surface area (Å²) in [7, 11) is 4.74. The first-order chi connectivity index (χ1) is 15.6. The second kappa shape index (κ2) is 11.5. The van der Waals surface area contributed by atoms with Gasteiger partial charge in [-0.1, -0.05) is 18.2 Å². The van der Waals surface area contributed by atoms with Crippen LogP contribution < -0.4 is 19.5 Å². The molecule has 1 aliphatic carbocycles. The number of carbonyl (C=O) groups excluding carboxylic acids is 2. The van der Waals surface area contributed by atoms with Crippen LogP contribution in [-0.2, 0) is 4.74 Å². The molecule has 7 nitrogen and oxygen atoms in total. The third-order valence-corrected chi connectivity index (χ3v) is 5.22. The minimum Gasteiger partial charge on any atom is -0.493 e. The number of hydrogen-bond acceptors (Lipinski definition) is 7. The van der Waals surface area contributed by atoms with E-state index in [1.54, 1.807) is 50.6 Å². The summed E-state index contributed by atoms with van der Waals surface area (Å²) in [5, 5.41) is 3.28. The number of methoxy groups -OCH3 is 3. The smallest absolute Gasteiger partial charge is 0.194 e. The SMILES string of the molecule is COCCNCCCCOc1cccc2c1C(=O)C=C(c1ccc(OC)c(OC)c1)C2=O. The van der Waals surface area contributed by atoms with Gasteiger partial charge in [0.15, 0.2) is 23.1 Å². The van der Waals surface area contributed by atoms with Gasteiger partial charge in [0.05, 0.1) is 33.0 Å². The molecule has 2 aromatic rings. The molecular weight excluding hydrogens is 410 g/mol. The zero-order valence-corrected chi connectivity index (χ0v) is 18.7. The number of rotatable bonds is 12. The summed E-state index contributed by atoms with van der Waals surface area (Å²) in [6.45, 7) is 2.83. The monoisotopic (exact) mass is 439 g/mol. The molecule has 2 aromatic carbocycles. The number of fused-ring (bicyclic) bond motifs is 1. The first kappa shape index (κ1) is 23.5. The lowest BCUT2D eigenvalue weighted by molar-refractivity contribution is 0.0998. The van der Waals surface area contributed by atoms with E-state index in [0.717, 1.165) is 25.9 Å². The van der Waals surface area contributed by atoms with Gasteiger partial charge in [-0.3, -0.25) is 9.59 Å². The van der Waals surface area contributed by atoms with Gasteiger partial charge >= 0.3 is 0 Å². The molecule has 0 fully saturated rings. The third kappa shape index (κ3) is 5.36. The van der Waals surface area contributed by atoms with Crippen molar-refractivity contribution in [3.8, 4) is 17.2 Å². The van der Waals surface area contributed by atoms with Crippen molar-refractivity contribution < 1.29 is 28.5 Å². The predicted octanol–water partition coefficient (Wildman–Crippen LogP) is 3.56. The summed E-state index contributed by atoms with van der Waals surface area (Å²) in [5.41, 5.74) is 1.59. The quantitative estimate of drug-likeness (QED) is 0.506. The molecule has 3 rings (SSSR count). The number of unbranched alkanes of at least 4 members (excludes halogenated alkanes) is 1. The maximum atomic E-state index is 13.2. The third-order valence-electron chi connectivity index (χ3n) is 5.22. The average molecular weight is 440 g/mol. The number of ketones is 2. The summed E-state index contributed by atoms with van der Waals surface area (Å²) < 4.78 is 21.4. The number of hydrogen-bond donors (Lipinski definition) is 1. The van der Waals surface area contributed by atoms with Gasteiger partial charge in [0.2, 0.25) is 0 Å². The Morgan fingerprint density at radius 2 is 1.66 bits per heavy atom. The Morgan fingerprint density at radius 1 is 0.844 bits per heavy atom. The highest BCUT2D eigenvalue weighted by Gasteiger charge is 2.29. The predicted molar refractivity (Wildman–Crippen MR) is 122 cm³/mol. The lowest BCUT2D eigenvalue weighted by Gasteiger charge is -2.19. The fourth-order valence-corrected chi connectivity index (χ4v) is 3.56. The first-order valence-corrected chi connectivity index (χ1v) is 10.6. The van der Waals surface area contributed by atoms with E-state index in [-0.39, 0.29) is 11.6 Å². The summed E-state index contributed by atoms with van der Waals surface area (Å²) in [5.74, 6) is 1.01. The molecule has 0 unspecified atom stereocenters. The zero-order chi connectivity index (χ0) is 22.9. The van der Waals surface area contributed by atoms with E-state index in [0.29, 0.717) is 52.7 Å². The fourth-order valence-electron chi connectivity index (χ4n) is 3.56. The zero-order valence-electron chi connectivity index (χ0n) is 18.7. The van der Waals surface area contributed by atoms with Gasteiger partial charge < -0.3 is 24.3 Å². The minimum absolute atomic E-state index is 0.223. The molecule has 0 amide bonds. The lowest BCUT2D eigenvalue weighted by atomic mass is 9.85. The number of Topliss-reactive ketones (excluding diaryl/α,β-unsaturated/α-hetero) is 1. The molecule has 1 N–H and O–H groups in total. The number of benzene rings is 2. The molecule has 0 aromatic heterocycles. The first-order valence-electron chi connectivity index (χ1n) is 10.6. The summed E-state index contributed by atoms with van der Waals surface area (Å²) >= 11 is 0. The molecule has 0 atom stereocenters. The van der Waals surface area contributed by atoms with Gasteiger partial charge in [-0.2, -0.15) is 0 Å². The van der Waals surface area contributed by atoms with Crippen molar-refractivity contribution in [2.24, 2.45) is 0 Å². The van der Waals surface area contributed by atoms with Crippen molar-refractivity contribution in [1.29, 1.82) is 0 Å². The van der Waals surface area contributed by atoms with Crippen LogP contribution in [0.4, 0.5) is 0 Å². The summed E-state index contributed by atoms with van der Waals surface area (Å²) in [6.07, 6.45) is 3.14. The standard InChI is InChI=1S/C25H29NO6/c1-29-14-12-26-11-4-5-13-32-22-8-6-7-18-24(22)20(27)16-19(25(18)28)17-9-10-21(30-2)23(15-17)31-3/h6-10,15-16,26H,4-5,11-14H2,1-3H3. The second-order valence-electron chi connectivity index (χ2n) is 7.30. The highest BCUT2D eigenvalue weighted by Crippen LogP contribution is 2.36. The topological polar surface area (TPSA) is 83.1 Å². The molecule has 1 aliphatic rings. The molecule has 170 valence electrons. The molecule has 0 saturated carbocycles. The Morgan fingerprint density at radius 3 is 2.41 bits per heavy atom. The Kier molecular flexibility index (Phi) is 8.41. The molecule has 0 radical (unpaired) electrons. The van der Waals surface area contributed by atoms with Crippen molar-refractivity contribution in [2.75, 3.05) is 47.6 Å². The average Bonchev–Trinajstić information content (AvgIpc) is 2.82. The van der Waals surface area contributed by atoms with Crippen LogP contribution in [0.5, 0.6) is 17.2 Å². The van der Waals surface area contributed by atoms with Crippen molar-refractivity contribution >= 4 is 17.1 Å². The Labute approximate surface area is 188 Å². The molecule has 0 bridgehead atoms. The Bertz CT molecular complexity index is 998. The Hall–Kier alpha value is -3.16. The van der Waals surface area contributed by atoms with E-state index in [1.807, 2.05) is 0 Å². The normalized spacial score (nSPS) is 12.9. The van der Waals surface area contributed by atoms with E-state index < -0.39 is 0 Å². The van der Waals surface area contributed by atoms with Gasteiger partial charge in [-0.15, -0.1) is 0 Å². The van der Waals surface area contributed by atoms with Crippen molar-refractivity contribution in [1.82, 2.24) is 5.32 Å². The highest BCUT2D eigenvalue weighted by atomic mass is 16.5. The van der Waals surface area contributed by atoms with Gasteiger partial charge in [-0.25, -0.2) is 0 Å². The molecule has 0 spiro atoms. The van der Waals surface area contributed by atoms with Crippen LogP contribution >= 0.6 is 0 Å². The molecule has 0 heterocycles. The number of nitrogens with one attached hydrogen (secondary N) is 1. The largest absolute Gasteiger partial charge is 0.493 e. The van der Waals surface area contributed by atoms with Gasteiger partial charge in [0, 0.05) is 24.8 Å².